The minimum absolute atomic E-state index is 0.0376. The van der Waals surface area contributed by atoms with Crippen LogP contribution < -0.4 is 14.8 Å². The van der Waals surface area contributed by atoms with Crippen molar-refractivity contribution in [3.05, 3.63) is 62.5 Å². The molecule has 2 aromatic carbocycles. The van der Waals surface area contributed by atoms with Crippen LogP contribution in [-0.4, -0.2) is 27.1 Å². The van der Waals surface area contributed by atoms with E-state index in [0.29, 0.717) is 43.1 Å². The second-order valence-corrected chi connectivity index (χ2v) is 14.1. The molecule has 36 heavy (non-hydrogen) atoms. The van der Waals surface area contributed by atoms with Crippen molar-refractivity contribution in [3.63, 3.8) is 0 Å². The van der Waals surface area contributed by atoms with Gasteiger partial charge >= 0.3 is 6.18 Å². The minimum atomic E-state index is -4.67. The first kappa shape index (κ1) is 27.9. The number of benzene rings is 2. The molecule has 1 fully saturated rings. The van der Waals surface area contributed by atoms with Crippen LogP contribution in [0.2, 0.25) is 10.0 Å². The number of alkyl halides is 3. The van der Waals surface area contributed by atoms with Crippen molar-refractivity contribution in [3.8, 4) is 5.75 Å². The number of rotatable bonds is 7. The zero-order chi connectivity index (χ0) is 26.3. The first-order valence-corrected chi connectivity index (χ1v) is 15.0. The van der Waals surface area contributed by atoms with Crippen molar-refractivity contribution in [2.24, 2.45) is 0 Å². The fourth-order valence-corrected chi connectivity index (χ4v) is 8.65. The molecule has 0 unspecified atom stereocenters. The lowest BCUT2D eigenvalue weighted by atomic mass is 10.1. The second-order valence-electron chi connectivity index (χ2n) is 8.15. The summed E-state index contributed by atoms with van der Waals surface area (Å²) in [5.41, 5.74) is -1.87. The van der Waals surface area contributed by atoms with Crippen LogP contribution in [0.5, 0.6) is 5.75 Å². The molecule has 1 aromatic heterocycles. The smallest absolute Gasteiger partial charge is 0.419 e. The highest BCUT2D eigenvalue weighted by atomic mass is 79.9. The van der Waals surface area contributed by atoms with Gasteiger partial charge in [0.25, 0.3) is 10.0 Å². The van der Waals surface area contributed by atoms with Crippen LogP contribution in [0.3, 0.4) is 0 Å². The summed E-state index contributed by atoms with van der Waals surface area (Å²) in [6.45, 7) is 2.69. The maximum Gasteiger partial charge on any atom is 0.419 e. The maximum absolute atomic E-state index is 13.6. The van der Waals surface area contributed by atoms with Crippen LogP contribution in [0.1, 0.15) is 18.9 Å². The molecular weight excluding hydrogens is 644 g/mol. The van der Waals surface area contributed by atoms with E-state index in [9.17, 15) is 21.6 Å². The van der Waals surface area contributed by atoms with E-state index in [-0.39, 0.29) is 9.90 Å². The number of halogens is 6. The molecule has 1 saturated heterocycles. The molecule has 4 rings (SSSR count). The van der Waals surface area contributed by atoms with Crippen molar-refractivity contribution in [2.75, 3.05) is 17.8 Å². The lowest BCUT2D eigenvalue weighted by Gasteiger charge is -2.27. The first-order chi connectivity index (χ1) is 16.8. The maximum atomic E-state index is 13.6. The Kier molecular flexibility index (Phi) is 8.17. The van der Waals surface area contributed by atoms with Gasteiger partial charge in [-0.2, -0.15) is 13.2 Å². The molecule has 2 N–H and O–H groups in total. The van der Waals surface area contributed by atoms with Gasteiger partial charge in [0.15, 0.2) is 0 Å². The van der Waals surface area contributed by atoms with Crippen molar-refractivity contribution in [1.82, 2.24) is 5.32 Å². The number of thiophene rings is 1. The van der Waals surface area contributed by atoms with Gasteiger partial charge in [-0.25, -0.2) is 8.42 Å². The number of sulfonamides is 1. The van der Waals surface area contributed by atoms with Crippen molar-refractivity contribution >= 4 is 77.9 Å². The zero-order valence-electron chi connectivity index (χ0n) is 18.4. The van der Waals surface area contributed by atoms with E-state index < -0.39 is 33.1 Å². The lowest BCUT2D eigenvalue weighted by molar-refractivity contribution is -0.139. The van der Waals surface area contributed by atoms with E-state index in [1.807, 2.05) is 0 Å². The van der Waals surface area contributed by atoms with Gasteiger partial charge in [-0.15, -0.1) is 11.3 Å². The summed E-state index contributed by atoms with van der Waals surface area (Å²) >= 11 is 17.9. The van der Waals surface area contributed by atoms with Crippen molar-refractivity contribution < 1.29 is 26.3 Å². The third kappa shape index (κ3) is 6.28. The Morgan fingerprint density at radius 3 is 2.64 bits per heavy atom. The molecule has 0 bridgehead atoms. The SMILES string of the molecule is C[C@@]1(Oc2cc(NS(=O)(=O)c3cc(Br)c(Sc4cccc(Cl)c4Cl)s3)ccc2C(F)(F)F)CCNC1. The van der Waals surface area contributed by atoms with E-state index in [1.54, 1.807) is 25.1 Å². The quantitative estimate of drug-likeness (QED) is 0.269. The Hall–Kier alpha value is -1.15. The van der Waals surface area contributed by atoms with Gasteiger partial charge in [0.05, 0.1) is 25.5 Å². The van der Waals surface area contributed by atoms with Gasteiger partial charge in [-0.1, -0.05) is 41.0 Å². The van der Waals surface area contributed by atoms with Crippen molar-refractivity contribution in [1.29, 1.82) is 0 Å². The van der Waals surface area contributed by atoms with Crippen LogP contribution in [0.25, 0.3) is 0 Å². The fraction of sp³-hybridized carbons (Fsp3) is 0.273. The molecule has 2 heterocycles. The molecule has 0 amide bonds. The molecule has 5 nitrogen and oxygen atoms in total. The summed E-state index contributed by atoms with van der Waals surface area (Å²) in [5, 5.41) is 3.77. The van der Waals surface area contributed by atoms with Gasteiger partial charge in [0.2, 0.25) is 0 Å². The third-order valence-electron chi connectivity index (χ3n) is 5.24. The van der Waals surface area contributed by atoms with Crippen molar-refractivity contribution in [2.45, 2.75) is 38.4 Å². The molecule has 1 atom stereocenters. The third-order valence-corrected chi connectivity index (χ3v) is 11.6. The summed E-state index contributed by atoms with van der Waals surface area (Å²) in [5.74, 6) is -0.437. The van der Waals surface area contributed by atoms with E-state index in [0.717, 1.165) is 29.5 Å². The molecule has 0 aliphatic carbocycles. The Morgan fingerprint density at radius 1 is 1.22 bits per heavy atom. The second kappa shape index (κ2) is 10.5. The largest absolute Gasteiger partial charge is 0.485 e. The van der Waals surface area contributed by atoms with Gasteiger partial charge < -0.3 is 10.1 Å². The highest BCUT2D eigenvalue weighted by Gasteiger charge is 2.38. The van der Waals surface area contributed by atoms with Crippen LogP contribution in [0.15, 0.2) is 60.3 Å². The first-order valence-electron chi connectivity index (χ1n) is 10.3. The standard InChI is InChI=1S/C22H18BrCl2F3N2O3S3/c1-21(7-8-29-11-21)33-16-9-12(5-6-13(16)22(26,27)28)30-36(31,32)18-10-14(23)20(35-18)34-17-4-2-3-15(24)19(17)25/h2-6,9-10,29-30H,7-8,11H2,1H3/t21-/m1/s1. The monoisotopic (exact) mass is 660 g/mol. The summed E-state index contributed by atoms with van der Waals surface area (Å²) in [6.07, 6.45) is -4.15. The highest BCUT2D eigenvalue weighted by Crippen LogP contribution is 2.45. The van der Waals surface area contributed by atoms with Gasteiger partial charge in [0, 0.05) is 28.4 Å². The van der Waals surface area contributed by atoms with Gasteiger partial charge in [-0.05, 0) is 59.7 Å². The topological polar surface area (TPSA) is 67.4 Å². The fourth-order valence-electron chi connectivity index (χ4n) is 3.45. The van der Waals surface area contributed by atoms with E-state index >= 15 is 0 Å². The van der Waals surface area contributed by atoms with Crippen LogP contribution >= 0.6 is 62.2 Å². The summed E-state index contributed by atoms with van der Waals surface area (Å²) in [6, 6.07) is 9.47. The number of hydrogen-bond acceptors (Lipinski definition) is 6. The Bertz CT molecular complexity index is 1390. The number of nitrogens with one attached hydrogen (secondary N) is 2. The number of anilines is 1. The normalized spacial score (nSPS) is 18.4. The summed E-state index contributed by atoms with van der Waals surface area (Å²) in [7, 11) is -4.12. The number of hydrogen-bond donors (Lipinski definition) is 2. The summed E-state index contributed by atoms with van der Waals surface area (Å²) < 4.78 is 76.2. The molecule has 194 valence electrons. The van der Waals surface area contributed by atoms with Gasteiger partial charge in [0.1, 0.15) is 15.6 Å². The predicted molar refractivity (Wildman–Crippen MR) is 141 cm³/mol. The van der Waals surface area contributed by atoms with E-state index in [4.69, 9.17) is 27.9 Å². The van der Waals surface area contributed by atoms with E-state index in [1.165, 1.54) is 17.8 Å². The Labute approximate surface area is 232 Å². The van der Waals surface area contributed by atoms with E-state index in [2.05, 4.69) is 26.0 Å². The highest BCUT2D eigenvalue weighted by molar-refractivity contribution is 9.10. The molecule has 0 radical (unpaired) electrons. The lowest BCUT2D eigenvalue weighted by Crippen LogP contribution is -2.35. The molecule has 0 spiro atoms. The molecule has 14 heteroatoms. The summed E-state index contributed by atoms with van der Waals surface area (Å²) in [4.78, 5) is 0.642. The van der Waals surface area contributed by atoms with Crippen LogP contribution in [0.4, 0.5) is 18.9 Å². The van der Waals surface area contributed by atoms with Crippen LogP contribution in [0, 0.1) is 0 Å². The zero-order valence-corrected chi connectivity index (χ0v) is 23.9. The predicted octanol–water partition coefficient (Wildman–Crippen LogP) is 7.92. The average Bonchev–Trinajstić information content (AvgIpc) is 3.36. The molecule has 0 saturated carbocycles. The molecule has 1 aliphatic rings. The molecule has 3 aromatic rings. The van der Waals surface area contributed by atoms with Gasteiger partial charge in [-0.3, -0.25) is 4.72 Å². The molecule has 1 aliphatic heterocycles. The number of ether oxygens (including phenoxy) is 1. The average molecular weight is 662 g/mol. The minimum Gasteiger partial charge on any atom is -0.485 e. The van der Waals surface area contributed by atoms with Crippen LogP contribution in [-0.2, 0) is 16.2 Å². The Morgan fingerprint density at radius 2 is 1.97 bits per heavy atom. The Balaban J connectivity index is 1.61. The molecular formula is C22H18BrCl2F3N2O3S3.